The zero-order valence-electron chi connectivity index (χ0n) is 12.1. The molecule has 106 valence electrons. The monoisotopic (exact) mass is 276 g/mol. The van der Waals surface area contributed by atoms with Crippen molar-refractivity contribution in [3.63, 3.8) is 0 Å². The van der Waals surface area contributed by atoms with Crippen molar-refractivity contribution >= 4 is 23.7 Å². The molecule has 0 radical (unpaired) electrons. The molecular weight excluding hydrogens is 252 g/mol. The fraction of sp³-hybridized carbons (Fsp3) is 0.846. The molecule has 1 atom stereocenters. The van der Waals surface area contributed by atoms with Crippen LogP contribution in [0.2, 0.25) is 0 Å². The van der Waals surface area contributed by atoms with Gasteiger partial charge in [-0.3, -0.25) is 9.59 Å². The molecular formula is C13H24O4S. The molecule has 0 bridgehead atoms. The Labute approximate surface area is 113 Å². The quantitative estimate of drug-likeness (QED) is 0.597. The van der Waals surface area contributed by atoms with E-state index >= 15 is 0 Å². The number of hydrogen-bond acceptors (Lipinski definition) is 4. The van der Waals surface area contributed by atoms with Gasteiger partial charge in [0.25, 0.3) is 0 Å². The van der Waals surface area contributed by atoms with Crippen molar-refractivity contribution in [3.05, 3.63) is 0 Å². The average molecular weight is 276 g/mol. The summed E-state index contributed by atoms with van der Waals surface area (Å²) < 4.78 is 4.87. The van der Waals surface area contributed by atoms with E-state index in [4.69, 9.17) is 4.74 Å². The third kappa shape index (κ3) is 4.19. The van der Waals surface area contributed by atoms with Gasteiger partial charge in [-0.25, -0.2) is 0 Å². The molecule has 0 saturated heterocycles. The normalized spacial score (nSPS) is 15.3. The van der Waals surface area contributed by atoms with Crippen molar-refractivity contribution in [3.8, 4) is 0 Å². The van der Waals surface area contributed by atoms with Crippen LogP contribution < -0.4 is 0 Å². The number of thioether (sulfide) groups is 1. The second-order valence-electron chi connectivity index (χ2n) is 5.55. The van der Waals surface area contributed by atoms with E-state index in [1.165, 1.54) is 11.8 Å². The number of carboxylic acids is 1. The first-order valence-electron chi connectivity index (χ1n) is 6.12. The Morgan fingerprint density at radius 2 is 1.78 bits per heavy atom. The smallest absolute Gasteiger partial charge is 0.324 e. The van der Waals surface area contributed by atoms with Gasteiger partial charge in [0.2, 0.25) is 0 Å². The van der Waals surface area contributed by atoms with Gasteiger partial charge in [-0.05, 0) is 12.8 Å². The maximum Gasteiger partial charge on any atom is 0.324 e. The minimum Gasteiger partial charge on any atom is -0.480 e. The summed E-state index contributed by atoms with van der Waals surface area (Å²) in [5.74, 6) is -1.83. The standard InChI is InChI=1S/C13H24O4S/c1-7-17-11(16)13(9(2)3,10(14)15)8-18-12(4,5)6/h9H,7-8H2,1-6H3,(H,14,15)/t13-/m1/s1. The number of aliphatic carboxylic acids is 1. The Morgan fingerprint density at radius 3 is 2.06 bits per heavy atom. The van der Waals surface area contributed by atoms with E-state index in [0.29, 0.717) is 0 Å². The molecule has 4 nitrogen and oxygen atoms in total. The summed E-state index contributed by atoms with van der Waals surface area (Å²) in [5, 5.41) is 9.47. The van der Waals surface area contributed by atoms with Crippen LogP contribution in [-0.2, 0) is 14.3 Å². The lowest BCUT2D eigenvalue weighted by Gasteiger charge is -2.32. The largest absolute Gasteiger partial charge is 0.480 e. The number of ether oxygens (including phenoxy) is 1. The summed E-state index contributed by atoms with van der Waals surface area (Å²) in [6.07, 6.45) is 0. The van der Waals surface area contributed by atoms with Gasteiger partial charge < -0.3 is 9.84 Å². The van der Waals surface area contributed by atoms with Crippen LogP contribution in [0, 0.1) is 11.3 Å². The zero-order valence-corrected chi connectivity index (χ0v) is 12.9. The SMILES string of the molecule is CCOC(=O)[C@@](CSC(C)(C)C)(C(=O)O)C(C)C. The van der Waals surface area contributed by atoms with E-state index in [2.05, 4.69) is 0 Å². The van der Waals surface area contributed by atoms with Crippen LogP contribution in [0.3, 0.4) is 0 Å². The molecule has 0 fully saturated rings. The third-order valence-corrected chi connectivity index (χ3v) is 4.21. The van der Waals surface area contributed by atoms with Crippen molar-refractivity contribution < 1.29 is 19.4 Å². The van der Waals surface area contributed by atoms with E-state index in [9.17, 15) is 14.7 Å². The highest BCUT2D eigenvalue weighted by atomic mass is 32.2. The lowest BCUT2D eigenvalue weighted by atomic mass is 9.79. The van der Waals surface area contributed by atoms with E-state index in [-0.39, 0.29) is 23.0 Å². The number of hydrogen-bond donors (Lipinski definition) is 1. The maximum atomic E-state index is 12.0. The predicted octanol–water partition coefficient (Wildman–Crippen LogP) is 2.81. The lowest BCUT2D eigenvalue weighted by molar-refractivity contribution is -0.170. The van der Waals surface area contributed by atoms with Gasteiger partial charge in [-0.15, -0.1) is 0 Å². The highest BCUT2D eigenvalue weighted by Gasteiger charge is 2.51. The Bertz CT molecular complexity index is 307. The van der Waals surface area contributed by atoms with Gasteiger partial charge in [-0.1, -0.05) is 34.6 Å². The molecule has 0 unspecified atom stereocenters. The molecule has 0 spiro atoms. The van der Waals surface area contributed by atoms with Crippen LogP contribution in [0.5, 0.6) is 0 Å². The van der Waals surface area contributed by atoms with Crippen LogP contribution >= 0.6 is 11.8 Å². The number of esters is 1. The Balaban J connectivity index is 5.24. The van der Waals surface area contributed by atoms with E-state index < -0.39 is 17.4 Å². The fourth-order valence-electron chi connectivity index (χ4n) is 1.45. The molecule has 0 aromatic carbocycles. The summed E-state index contributed by atoms with van der Waals surface area (Å²) in [5.41, 5.74) is -1.46. The molecule has 0 aromatic heterocycles. The minimum atomic E-state index is -1.46. The van der Waals surface area contributed by atoms with Gasteiger partial charge in [-0.2, -0.15) is 11.8 Å². The summed E-state index contributed by atoms with van der Waals surface area (Å²) >= 11 is 1.47. The first kappa shape index (κ1) is 17.3. The summed E-state index contributed by atoms with van der Waals surface area (Å²) in [4.78, 5) is 23.6. The molecule has 18 heavy (non-hydrogen) atoms. The number of carbonyl (C=O) groups is 2. The number of carbonyl (C=O) groups excluding carboxylic acids is 1. The van der Waals surface area contributed by atoms with Crippen LogP contribution in [-0.4, -0.2) is 34.2 Å². The van der Waals surface area contributed by atoms with Gasteiger partial charge in [0.15, 0.2) is 5.41 Å². The molecule has 0 aromatic rings. The Kier molecular flexibility index (Phi) is 6.20. The van der Waals surface area contributed by atoms with Gasteiger partial charge in [0.05, 0.1) is 6.61 Å². The number of carboxylic acid groups (broad SMARTS) is 1. The summed E-state index contributed by atoms with van der Waals surface area (Å²) in [6, 6.07) is 0. The van der Waals surface area contributed by atoms with Crippen LogP contribution in [0.4, 0.5) is 0 Å². The third-order valence-electron chi connectivity index (χ3n) is 2.74. The summed E-state index contributed by atoms with van der Waals surface area (Å²) in [6.45, 7) is 11.4. The Morgan fingerprint density at radius 1 is 1.28 bits per heavy atom. The molecule has 5 heteroatoms. The highest BCUT2D eigenvalue weighted by Crippen LogP contribution is 2.38. The first-order valence-corrected chi connectivity index (χ1v) is 7.11. The van der Waals surface area contributed by atoms with Crippen molar-refractivity contribution in [2.45, 2.75) is 46.3 Å². The summed E-state index contributed by atoms with van der Waals surface area (Å²) in [7, 11) is 0. The van der Waals surface area contributed by atoms with Crippen LogP contribution in [0.15, 0.2) is 0 Å². The highest BCUT2D eigenvalue weighted by molar-refractivity contribution is 8.00. The van der Waals surface area contributed by atoms with Crippen LogP contribution in [0.25, 0.3) is 0 Å². The molecule has 0 aliphatic heterocycles. The molecule has 0 saturated carbocycles. The van der Waals surface area contributed by atoms with Crippen molar-refractivity contribution in [1.82, 2.24) is 0 Å². The second kappa shape index (κ2) is 6.45. The fourth-order valence-corrected chi connectivity index (χ4v) is 2.68. The first-order chi connectivity index (χ1) is 8.08. The zero-order chi connectivity index (χ0) is 14.6. The van der Waals surface area contributed by atoms with E-state index in [1.807, 2.05) is 20.8 Å². The van der Waals surface area contributed by atoms with Gasteiger partial charge in [0, 0.05) is 10.5 Å². The van der Waals surface area contributed by atoms with E-state index in [1.54, 1.807) is 20.8 Å². The van der Waals surface area contributed by atoms with Gasteiger partial charge >= 0.3 is 11.9 Å². The number of rotatable bonds is 6. The Hall–Kier alpha value is -0.710. The molecule has 0 heterocycles. The molecule has 0 aliphatic rings. The lowest BCUT2D eigenvalue weighted by Crippen LogP contribution is -2.47. The van der Waals surface area contributed by atoms with Crippen molar-refractivity contribution in [1.29, 1.82) is 0 Å². The maximum absolute atomic E-state index is 12.0. The van der Waals surface area contributed by atoms with Crippen molar-refractivity contribution in [2.24, 2.45) is 11.3 Å². The van der Waals surface area contributed by atoms with Crippen LogP contribution in [0.1, 0.15) is 41.5 Å². The van der Waals surface area contributed by atoms with Gasteiger partial charge in [0.1, 0.15) is 0 Å². The molecule has 0 rings (SSSR count). The molecule has 0 aliphatic carbocycles. The topological polar surface area (TPSA) is 63.6 Å². The molecule has 1 N–H and O–H groups in total. The minimum absolute atomic E-state index is 0.0952. The molecule has 0 amide bonds. The average Bonchev–Trinajstić information content (AvgIpc) is 2.15. The second-order valence-corrected chi connectivity index (χ2v) is 7.35. The van der Waals surface area contributed by atoms with E-state index in [0.717, 1.165) is 0 Å². The van der Waals surface area contributed by atoms with Crippen molar-refractivity contribution in [2.75, 3.05) is 12.4 Å². The predicted molar refractivity (Wildman–Crippen MR) is 73.8 cm³/mol.